The van der Waals surface area contributed by atoms with E-state index < -0.39 is 23.6 Å². The number of hydrogen-bond donors (Lipinski definition) is 2. The molecule has 2 atom stereocenters. The maximum Gasteiger partial charge on any atom is 0.408 e. The molecule has 0 unspecified atom stereocenters. The van der Waals surface area contributed by atoms with E-state index >= 15 is 0 Å². The standard InChI is InChI=1S/C19H25N3O4/c1-12(21-18(24)26-19(3,4)5)17(23)22-20-11-15-10-14-8-6-7-9-16(14)25-13(15)2/h6-13H,1-5H3,(H,21,24)(H,22,23)/b20-11-/t12-,13+/m1/s1. The summed E-state index contributed by atoms with van der Waals surface area (Å²) in [6.07, 6.45) is 2.67. The van der Waals surface area contributed by atoms with E-state index in [0.717, 1.165) is 16.9 Å². The Labute approximate surface area is 153 Å². The molecule has 2 amide bonds. The zero-order valence-corrected chi connectivity index (χ0v) is 15.7. The van der Waals surface area contributed by atoms with E-state index in [1.54, 1.807) is 33.9 Å². The normalized spacial score (nSPS) is 17.6. The highest BCUT2D eigenvalue weighted by molar-refractivity contribution is 5.90. The molecule has 1 aliphatic heterocycles. The first-order valence-corrected chi connectivity index (χ1v) is 8.45. The predicted molar refractivity (Wildman–Crippen MR) is 100.0 cm³/mol. The molecule has 1 aromatic rings. The number of benzene rings is 1. The van der Waals surface area contributed by atoms with Crippen LogP contribution in [0, 0.1) is 0 Å². The third-order valence-corrected chi connectivity index (χ3v) is 3.53. The molecule has 0 bridgehead atoms. The van der Waals surface area contributed by atoms with Crippen molar-refractivity contribution in [2.75, 3.05) is 0 Å². The van der Waals surface area contributed by atoms with Gasteiger partial charge in [-0.1, -0.05) is 18.2 Å². The second kappa shape index (κ2) is 8.03. The number of para-hydroxylation sites is 1. The molecule has 1 aromatic carbocycles. The Hall–Kier alpha value is -2.83. The highest BCUT2D eigenvalue weighted by atomic mass is 16.6. The molecule has 7 heteroatoms. The number of carbonyl (C=O) groups is 2. The minimum atomic E-state index is -0.781. The van der Waals surface area contributed by atoms with Crippen LogP contribution >= 0.6 is 0 Å². The summed E-state index contributed by atoms with van der Waals surface area (Å²) in [4.78, 5) is 23.7. The first-order chi connectivity index (χ1) is 12.2. The Kier molecular flexibility index (Phi) is 6.02. The number of amides is 2. The minimum Gasteiger partial charge on any atom is -0.485 e. The monoisotopic (exact) mass is 359 g/mol. The van der Waals surface area contributed by atoms with Crippen molar-refractivity contribution in [2.45, 2.75) is 52.4 Å². The summed E-state index contributed by atoms with van der Waals surface area (Å²) in [5, 5.41) is 6.42. The van der Waals surface area contributed by atoms with Gasteiger partial charge in [0.1, 0.15) is 23.5 Å². The van der Waals surface area contributed by atoms with Crippen molar-refractivity contribution in [2.24, 2.45) is 5.10 Å². The second-order valence-corrected chi connectivity index (χ2v) is 7.04. The van der Waals surface area contributed by atoms with E-state index in [1.807, 2.05) is 37.3 Å². The van der Waals surface area contributed by atoms with Gasteiger partial charge in [0, 0.05) is 11.1 Å². The molecular weight excluding hydrogens is 334 g/mol. The number of hydrogen-bond acceptors (Lipinski definition) is 5. The molecule has 0 saturated heterocycles. The molecule has 2 N–H and O–H groups in total. The molecule has 0 spiro atoms. The van der Waals surface area contributed by atoms with Crippen molar-refractivity contribution in [3.63, 3.8) is 0 Å². The van der Waals surface area contributed by atoms with Crippen molar-refractivity contribution < 1.29 is 19.1 Å². The van der Waals surface area contributed by atoms with Crippen LogP contribution in [0.4, 0.5) is 4.79 Å². The van der Waals surface area contributed by atoms with Gasteiger partial charge >= 0.3 is 6.09 Å². The van der Waals surface area contributed by atoms with Crippen molar-refractivity contribution in [3.8, 4) is 5.75 Å². The molecule has 0 saturated carbocycles. The van der Waals surface area contributed by atoms with Gasteiger partial charge in [0.2, 0.25) is 0 Å². The zero-order chi connectivity index (χ0) is 19.3. The summed E-state index contributed by atoms with van der Waals surface area (Å²) in [7, 11) is 0. The summed E-state index contributed by atoms with van der Waals surface area (Å²) in [5.74, 6) is 0.369. The second-order valence-electron chi connectivity index (χ2n) is 7.04. The van der Waals surface area contributed by atoms with Gasteiger partial charge < -0.3 is 14.8 Å². The Bertz CT molecular complexity index is 735. The largest absolute Gasteiger partial charge is 0.485 e. The first kappa shape index (κ1) is 19.5. The van der Waals surface area contributed by atoms with Crippen LogP contribution in [0.25, 0.3) is 6.08 Å². The Morgan fingerprint density at radius 3 is 2.69 bits per heavy atom. The maximum absolute atomic E-state index is 12.0. The van der Waals surface area contributed by atoms with E-state index in [2.05, 4.69) is 15.8 Å². The quantitative estimate of drug-likeness (QED) is 0.639. The molecule has 0 aromatic heterocycles. The average Bonchev–Trinajstić information content (AvgIpc) is 2.53. The lowest BCUT2D eigenvalue weighted by molar-refractivity contribution is -0.122. The molecule has 0 aliphatic carbocycles. The number of alkyl carbamates (subject to hydrolysis) is 1. The van der Waals surface area contributed by atoms with Gasteiger partial charge in [0.25, 0.3) is 5.91 Å². The van der Waals surface area contributed by atoms with E-state index in [-0.39, 0.29) is 6.10 Å². The van der Waals surface area contributed by atoms with Gasteiger partial charge in [-0.2, -0.15) is 5.10 Å². The highest BCUT2D eigenvalue weighted by Gasteiger charge is 2.21. The molecule has 140 valence electrons. The van der Waals surface area contributed by atoms with Gasteiger partial charge in [0.05, 0.1) is 6.21 Å². The number of fused-ring (bicyclic) bond motifs is 1. The van der Waals surface area contributed by atoms with Gasteiger partial charge in [0.15, 0.2) is 0 Å². The van der Waals surface area contributed by atoms with Crippen LogP contribution in [-0.4, -0.2) is 36.0 Å². The molecule has 0 fully saturated rings. The average molecular weight is 359 g/mol. The fourth-order valence-electron chi connectivity index (χ4n) is 2.22. The fourth-order valence-corrected chi connectivity index (χ4v) is 2.22. The van der Waals surface area contributed by atoms with Gasteiger partial charge in [-0.05, 0) is 46.8 Å². The van der Waals surface area contributed by atoms with Crippen LogP contribution in [0.1, 0.15) is 40.2 Å². The van der Waals surface area contributed by atoms with Crippen LogP contribution in [0.2, 0.25) is 0 Å². The van der Waals surface area contributed by atoms with Crippen molar-refractivity contribution in [3.05, 3.63) is 35.4 Å². The number of nitrogens with zero attached hydrogens (tertiary/aromatic N) is 1. The maximum atomic E-state index is 12.0. The SMILES string of the molecule is C[C@@H]1Oc2ccccc2C=C1/C=N\NC(=O)[C@@H](C)NC(=O)OC(C)(C)C. The number of rotatable bonds is 4. The molecule has 1 heterocycles. The lowest BCUT2D eigenvalue weighted by atomic mass is 10.0. The van der Waals surface area contributed by atoms with Crippen molar-refractivity contribution in [1.82, 2.24) is 10.7 Å². The summed E-state index contributed by atoms with van der Waals surface area (Å²) in [6, 6.07) is 6.91. The fraction of sp³-hybridized carbons (Fsp3) is 0.421. The highest BCUT2D eigenvalue weighted by Crippen LogP contribution is 2.28. The molecule has 7 nitrogen and oxygen atoms in total. The van der Waals surface area contributed by atoms with Crippen LogP contribution in [0.15, 0.2) is 34.9 Å². The van der Waals surface area contributed by atoms with Gasteiger partial charge in [-0.15, -0.1) is 0 Å². The molecule has 1 aliphatic rings. The van der Waals surface area contributed by atoms with Crippen LogP contribution < -0.4 is 15.5 Å². The van der Waals surface area contributed by atoms with Crippen molar-refractivity contribution >= 4 is 24.3 Å². The molecular formula is C19H25N3O4. The number of nitrogens with one attached hydrogen (secondary N) is 2. The van der Waals surface area contributed by atoms with Crippen LogP contribution in [0.5, 0.6) is 5.75 Å². The number of carbonyl (C=O) groups excluding carboxylic acids is 2. The zero-order valence-electron chi connectivity index (χ0n) is 15.7. The Morgan fingerprint density at radius 2 is 2.00 bits per heavy atom. The minimum absolute atomic E-state index is 0.178. The number of hydrazone groups is 1. The summed E-state index contributed by atoms with van der Waals surface area (Å²) < 4.78 is 10.9. The smallest absolute Gasteiger partial charge is 0.408 e. The van der Waals surface area contributed by atoms with E-state index in [0.29, 0.717) is 0 Å². The predicted octanol–water partition coefficient (Wildman–Crippen LogP) is 2.87. The van der Waals surface area contributed by atoms with E-state index in [4.69, 9.17) is 9.47 Å². The Morgan fingerprint density at radius 1 is 1.31 bits per heavy atom. The molecule has 2 rings (SSSR count). The summed E-state index contributed by atoms with van der Waals surface area (Å²) >= 11 is 0. The van der Waals surface area contributed by atoms with Crippen LogP contribution in [0.3, 0.4) is 0 Å². The summed E-state index contributed by atoms with van der Waals surface area (Å²) in [6.45, 7) is 8.71. The third-order valence-electron chi connectivity index (χ3n) is 3.53. The van der Waals surface area contributed by atoms with E-state index in [1.165, 1.54) is 0 Å². The first-order valence-electron chi connectivity index (χ1n) is 8.45. The van der Waals surface area contributed by atoms with E-state index in [9.17, 15) is 9.59 Å². The van der Waals surface area contributed by atoms with Crippen LogP contribution in [-0.2, 0) is 9.53 Å². The lowest BCUT2D eigenvalue weighted by Crippen LogP contribution is -2.45. The Balaban J connectivity index is 1.90. The topological polar surface area (TPSA) is 89.0 Å². The van der Waals surface area contributed by atoms with Crippen molar-refractivity contribution in [1.29, 1.82) is 0 Å². The summed E-state index contributed by atoms with van der Waals surface area (Å²) in [5.41, 5.74) is 3.57. The lowest BCUT2D eigenvalue weighted by Gasteiger charge is -2.22. The number of ether oxygens (including phenoxy) is 2. The molecule has 0 radical (unpaired) electrons. The van der Waals surface area contributed by atoms with Gasteiger partial charge in [-0.3, -0.25) is 4.79 Å². The van der Waals surface area contributed by atoms with Gasteiger partial charge in [-0.25, -0.2) is 10.2 Å². The molecule has 26 heavy (non-hydrogen) atoms. The third kappa shape index (κ3) is 5.61.